The number of hydrogen-bond acceptors (Lipinski definition) is 4. The highest BCUT2D eigenvalue weighted by atomic mass is 32.2. The number of para-hydroxylation sites is 1. The number of anilines is 2. The molecule has 0 bridgehead atoms. The summed E-state index contributed by atoms with van der Waals surface area (Å²) in [6.45, 7) is 4.45. The molecule has 136 valence electrons. The quantitative estimate of drug-likeness (QED) is 0.777. The summed E-state index contributed by atoms with van der Waals surface area (Å²) in [5, 5.41) is 3.25. The summed E-state index contributed by atoms with van der Waals surface area (Å²) >= 11 is 3.36. The largest absolute Gasteiger partial charge is 0.326 e. The van der Waals surface area contributed by atoms with E-state index >= 15 is 0 Å². The Morgan fingerprint density at radius 3 is 2.65 bits per heavy atom. The highest BCUT2D eigenvalue weighted by molar-refractivity contribution is 8.00. The second-order valence-electron chi connectivity index (χ2n) is 6.22. The van der Waals surface area contributed by atoms with Crippen molar-refractivity contribution in [3.05, 3.63) is 48.5 Å². The van der Waals surface area contributed by atoms with Crippen LogP contribution in [0.2, 0.25) is 0 Å². The molecule has 1 aliphatic heterocycles. The van der Waals surface area contributed by atoms with Crippen molar-refractivity contribution in [2.45, 2.75) is 35.3 Å². The molecule has 0 aliphatic carbocycles. The first-order valence-electron chi connectivity index (χ1n) is 8.59. The molecule has 0 saturated heterocycles. The molecule has 3 rings (SSSR count). The number of thioether (sulfide) groups is 2. The zero-order valence-electron chi connectivity index (χ0n) is 14.9. The maximum absolute atomic E-state index is 12.8. The SMILES string of the molecule is CC(=O)Nc1ccc(SCC(=O)N2CC[C@@H](C)Sc3ccccc32)cc1. The van der Waals surface area contributed by atoms with Gasteiger partial charge in [-0.15, -0.1) is 23.5 Å². The van der Waals surface area contributed by atoms with E-state index in [1.165, 1.54) is 23.6 Å². The summed E-state index contributed by atoms with van der Waals surface area (Å²) in [6.07, 6.45) is 0.987. The van der Waals surface area contributed by atoms with E-state index in [9.17, 15) is 9.59 Å². The molecule has 0 saturated carbocycles. The Bertz CT molecular complexity index is 793. The van der Waals surface area contributed by atoms with Gasteiger partial charge in [0.25, 0.3) is 0 Å². The standard InChI is InChI=1S/C20H22N2O2S2/c1-14-11-12-22(18-5-3-4-6-19(18)26-14)20(24)13-25-17-9-7-16(8-10-17)21-15(2)23/h3-10,14H,11-13H2,1-2H3,(H,21,23)/t14-/m1/s1. The molecular formula is C20H22N2O2S2. The Morgan fingerprint density at radius 2 is 1.92 bits per heavy atom. The number of amides is 2. The third-order valence-electron chi connectivity index (χ3n) is 4.08. The van der Waals surface area contributed by atoms with Gasteiger partial charge < -0.3 is 10.2 Å². The van der Waals surface area contributed by atoms with Crippen LogP contribution in [0, 0.1) is 0 Å². The van der Waals surface area contributed by atoms with Gasteiger partial charge >= 0.3 is 0 Å². The summed E-state index contributed by atoms with van der Waals surface area (Å²) in [4.78, 5) is 28.0. The minimum Gasteiger partial charge on any atom is -0.326 e. The first-order chi connectivity index (χ1) is 12.5. The lowest BCUT2D eigenvalue weighted by atomic mass is 10.2. The van der Waals surface area contributed by atoms with Crippen molar-refractivity contribution in [1.82, 2.24) is 0 Å². The van der Waals surface area contributed by atoms with Crippen molar-refractivity contribution in [1.29, 1.82) is 0 Å². The molecule has 26 heavy (non-hydrogen) atoms. The molecule has 2 amide bonds. The van der Waals surface area contributed by atoms with Gasteiger partial charge in [0.05, 0.1) is 11.4 Å². The van der Waals surface area contributed by atoms with Crippen molar-refractivity contribution in [2.75, 3.05) is 22.5 Å². The highest BCUT2D eigenvalue weighted by Crippen LogP contribution is 2.37. The van der Waals surface area contributed by atoms with Crippen molar-refractivity contribution in [3.8, 4) is 0 Å². The fourth-order valence-corrected chi connectivity index (χ4v) is 4.69. The number of carbonyl (C=O) groups excluding carboxylic acids is 2. The summed E-state index contributed by atoms with van der Waals surface area (Å²) in [5.41, 5.74) is 1.79. The minimum atomic E-state index is -0.0903. The number of rotatable bonds is 4. The van der Waals surface area contributed by atoms with Crippen molar-refractivity contribution in [2.24, 2.45) is 0 Å². The Kier molecular flexibility index (Phi) is 6.27. The third-order valence-corrected chi connectivity index (χ3v) is 6.32. The molecule has 2 aromatic carbocycles. The van der Waals surface area contributed by atoms with E-state index in [1.54, 1.807) is 0 Å². The van der Waals surface area contributed by atoms with Crippen LogP contribution >= 0.6 is 23.5 Å². The highest BCUT2D eigenvalue weighted by Gasteiger charge is 2.23. The third kappa shape index (κ3) is 4.83. The Morgan fingerprint density at radius 1 is 1.19 bits per heavy atom. The fraction of sp³-hybridized carbons (Fsp3) is 0.300. The van der Waals surface area contributed by atoms with Crippen molar-refractivity contribution < 1.29 is 9.59 Å². The summed E-state index contributed by atoms with van der Waals surface area (Å²) < 4.78 is 0. The summed E-state index contributed by atoms with van der Waals surface area (Å²) in [7, 11) is 0. The normalized spacial score (nSPS) is 16.5. The van der Waals surface area contributed by atoms with Gasteiger partial charge in [-0.1, -0.05) is 19.1 Å². The number of nitrogens with zero attached hydrogens (tertiary/aromatic N) is 1. The molecule has 0 spiro atoms. The summed E-state index contributed by atoms with van der Waals surface area (Å²) in [6, 6.07) is 15.7. The average molecular weight is 387 g/mol. The van der Waals surface area contributed by atoms with Crippen LogP contribution in [-0.4, -0.2) is 29.4 Å². The zero-order valence-corrected chi connectivity index (χ0v) is 16.5. The van der Waals surface area contributed by atoms with Gasteiger partial charge in [-0.2, -0.15) is 0 Å². The topological polar surface area (TPSA) is 49.4 Å². The molecule has 1 heterocycles. The molecule has 1 atom stereocenters. The van der Waals surface area contributed by atoms with Crippen LogP contribution in [0.4, 0.5) is 11.4 Å². The van der Waals surface area contributed by atoms with E-state index < -0.39 is 0 Å². The summed E-state index contributed by atoms with van der Waals surface area (Å²) in [5.74, 6) is 0.433. The van der Waals surface area contributed by atoms with Crippen LogP contribution < -0.4 is 10.2 Å². The van der Waals surface area contributed by atoms with Crippen LogP contribution in [0.5, 0.6) is 0 Å². The van der Waals surface area contributed by atoms with Crippen LogP contribution in [0.15, 0.2) is 58.3 Å². The molecule has 1 N–H and O–H groups in total. The molecule has 4 nitrogen and oxygen atoms in total. The lowest BCUT2D eigenvalue weighted by Gasteiger charge is -2.22. The van der Waals surface area contributed by atoms with Gasteiger partial charge in [0.15, 0.2) is 0 Å². The lowest BCUT2D eigenvalue weighted by Crippen LogP contribution is -2.33. The van der Waals surface area contributed by atoms with Crippen molar-refractivity contribution >= 4 is 46.7 Å². The Balaban J connectivity index is 1.65. The van der Waals surface area contributed by atoms with E-state index in [-0.39, 0.29) is 11.8 Å². The van der Waals surface area contributed by atoms with E-state index in [1.807, 2.05) is 59.1 Å². The van der Waals surface area contributed by atoms with E-state index in [2.05, 4.69) is 18.3 Å². The second-order valence-corrected chi connectivity index (χ2v) is 8.75. The van der Waals surface area contributed by atoms with Crippen LogP contribution in [0.3, 0.4) is 0 Å². The van der Waals surface area contributed by atoms with Crippen LogP contribution in [0.1, 0.15) is 20.3 Å². The van der Waals surface area contributed by atoms with Crippen LogP contribution in [-0.2, 0) is 9.59 Å². The number of carbonyl (C=O) groups is 2. The van der Waals surface area contributed by atoms with Crippen LogP contribution in [0.25, 0.3) is 0 Å². The minimum absolute atomic E-state index is 0.0903. The molecule has 0 aromatic heterocycles. The van der Waals surface area contributed by atoms with E-state index in [0.29, 0.717) is 11.0 Å². The van der Waals surface area contributed by atoms with Gasteiger partial charge in [-0.05, 0) is 42.8 Å². The number of benzene rings is 2. The smallest absolute Gasteiger partial charge is 0.237 e. The lowest BCUT2D eigenvalue weighted by molar-refractivity contribution is -0.116. The van der Waals surface area contributed by atoms with Gasteiger partial charge in [-0.3, -0.25) is 9.59 Å². The Hall–Kier alpha value is -1.92. The monoisotopic (exact) mass is 386 g/mol. The van der Waals surface area contributed by atoms with Gasteiger partial charge in [-0.25, -0.2) is 0 Å². The maximum atomic E-state index is 12.8. The maximum Gasteiger partial charge on any atom is 0.237 e. The van der Waals surface area contributed by atoms with Crippen molar-refractivity contribution in [3.63, 3.8) is 0 Å². The molecular weight excluding hydrogens is 364 g/mol. The second kappa shape index (κ2) is 8.64. The average Bonchev–Trinajstić information content (AvgIpc) is 2.78. The zero-order chi connectivity index (χ0) is 18.5. The Labute approximate surface area is 162 Å². The van der Waals surface area contributed by atoms with Gasteiger partial charge in [0.1, 0.15) is 0 Å². The molecule has 0 radical (unpaired) electrons. The molecule has 0 fully saturated rings. The first-order valence-corrected chi connectivity index (χ1v) is 10.5. The molecule has 2 aromatic rings. The van der Waals surface area contributed by atoms with Gasteiger partial charge in [0, 0.05) is 34.2 Å². The van der Waals surface area contributed by atoms with E-state index in [4.69, 9.17) is 0 Å². The number of hydrogen-bond donors (Lipinski definition) is 1. The molecule has 0 unspecified atom stereocenters. The number of fused-ring (bicyclic) bond motifs is 1. The predicted molar refractivity (Wildman–Crippen MR) is 110 cm³/mol. The number of nitrogens with one attached hydrogen (secondary N) is 1. The van der Waals surface area contributed by atoms with E-state index in [0.717, 1.165) is 29.2 Å². The predicted octanol–water partition coefficient (Wildman–Crippen LogP) is 4.65. The van der Waals surface area contributed by atoms with Gasteiger partial charge in [0.2, 0.25) is 11.8 Å². The fourth-order valence-electron chi connectivity index (χ4n) is 2.81. The molecule has 6 heteroatoms. The molecule has 1 aliphatic rings. The first kappa shape index (κ1) is 18.9.